The lowest BCUT2D eigenvalue weighted by Crippen LogP contribution is -2.00. The normalized spacial score (nSPS) is 11.3. The Morgan fingerprint density at radius 3 is 1.57 bits per heavy atom. The summed E-state index contributed by atoms with van der Waals surface area (Å²) in [5, 5.41) is 3.40. The van der Waals surface area contributed by atoms with Gasteiger partial charge in [-0.05, 0) is 81.1 Å². The number of aromatic nitrogens is 6. The first-order valence-corrected chi connectivity index (χ1v) is 17.8. The fraction of sp³-hybridized carbons (Fsp3) is 0. The van der Waals surface area contributed by atoms with Crippen LogP contribution in [0.2, 0.25) is 0 Å². The summed E-state index contributed by atoms with van der Waals surface area (Å²) >= 11 is 0. The summed E-state index contributed by atoms with van der Waals surface area (Å²) in [4.78, 5) is 29.4. The predicted molar refractivity (Wildman–Crippen MR) is 218 cm³/mol. The van der Waals surface area contributed by atoms with Crippen LogP contribution in [0.4, 0.5) is 0 Å². The van der Waals surface area contributed by atoms with Gasteiger partial charge in [0.1, 0.15) is 0 Å². The molecule has 0 unspecified atom stereocenters. The van der Waals surface area contributed by atoms with Gasteiger partial charge in [0.05, 0.1) is 16.6 Å². The van der Waals surface area contributed by atoms with E-state index in [1.165, 1.54) is 16.3 Å². The van der Waals surface area contributed by atoms with Crippen molar-refractivity contribution in [3.05, 3.63) is 182 Å². The Kier molecular flexibility index (Phi) is 7.69. The van der Waals surface area contributed by atoms with Gasteiger partial charge in [-0.1, -0.05) is 121 Å². The number of hydrogen-bond donors (Lipinski definition) is 0. The number of hydrogen-bond acceptors (Lipinski definition) is 6. The van der Waals surface area contributed by atoms with Gasteiger partial charge in [0.15, 0.2) is 17.5 Å². The van der Waals surface area contributed by atoms with E-state index < -0.39 is 0 Å². The van der Waals surface area contributed by atoms with Gasteiger partial charge in [-0.15, -0.1) is 0 Å². The molecule has 0 bridgehead atoms. The van der Waals surface area contributed by atoms with Crippen molar-refractivity contribution in [2.75, 3.05) is 0 Å². The summed E-state index contributed by atoms with van der Waals surface area (Å²) in [6.07, 6.45) is 5.28. The zero-order valence-corrected chi connectivity index (χ0v) is 29.0. The highest BCUT2D eigenvalue weighted by atomic mass is 15.0. The van der Waals surface area contributed by atoms with Gasteiger partial charge in [0.2, 0.25) is 0 Å². The second kappa shape index (κ2) is 13.3. The third-order valence-electron chi connectivity index (χ3n) is 9.83. The molecule has 0 saturated heterocycles. The molecule has 10 rings (SSSR count). The van der Waals surface area contributed by atoms with E-state index in [0.717, 1.165) is 66.4 Å². The first-order valence-electron chi connectivity index (χ1n) is 17.8. The summed E-state index contributed by atoms with van der Waals surface area (Å²) in [7, 11) is 0. The van der Waals surface area contributed by atoms with Gasteiger partial charge >= 0.3 is 0 Å². The largest absolute Gasteiger partial charge is 0.256 e. The van der Waals surface area contributed by atoms with Gasteiger partial charge in [0.25, 0.3) is 0 Å². The quantitative estimate of drug-likeness (QED) is 0.162. The molecule has 252 valence electrons. The van der Waals surface area contributed by atoms with E-state index in [0.29, 0.717) is 17.5 Å². The van der Waals surface area contributed by atoms with Crippen LogP contribution in [0.3, 0.4) is 0 Å². The Morgan fingerprint density at radius 1 is 0.296 bits per heavy atom. The Hall–Kier alpha value is -7.44. The molecule has 0 aliphatic heterocycles. The number of nitrogens with zero attached hydrogens (tertiary/aromatic N) is 6. The molecule has 0 radical (unpaired) electrons. The van der Waals surface area contributed by atoms with E-state index in [1.54, 1.807) is 12.4 Å². The molecule has 54 heavy (non-hydrogen) atoms. The summed E-state index contributed by atoms with van der Waals surface area (Å²) in [5.74, 6) is 1.80. The minimum atomic E-state index is 0.580. The standard InChI is InChI=1S/C48H30N6/c1-3-11-34(12-4-1)46-52-47(35-13-5-2-6-14-35)54-48(53-46)40-28-38(33-19-17-32(18-20-33)37-22-21-31-10-7-8-15-36(31)26-37)27-39(29-40)42-30-43-45(51-25-24-49-43)41-16-9-23-50-44(41)42/h1-30H. The molecule has 3 aromatic heterocycles. The van der Waals surface area contributed by atoms with E-state index in [4.69, 9.17) is 24.9 Å². The number of fused-ring (bicyclic) bond motifs is 4. The Bertz CT molecular complexity index is 2920. The highest BCUT2D eigenvalue weighted by Gasteiger charge is 2.17. The van der Waals surface area contributed by atoms with Gasteiger partial charge in [-0.25, -0.2) is 15.0 Å². The number of rotatable bonds is 6. The van der Waals surface area contributed by atoms with Crippen LogP contribution in [0.25, 0.3) is 100 Å². The SMILES string of the molecule is c1ccc(-c2nc(-c3ccccc3)nc(-c3cc(-c4ccc(-c5ccc6ccccc6c5)cc4)cc(-c4cc5nccnc5c5cccnc45)c3)n2)cc1. The van der Waals surface area contributed by atoms with Crippen LogP contribution < -0.4 is 0 Å². The monoisotopic (exact) mass is 690 g/mol. The Labute approximate surface area is 311 Å². The van der Waals surface area contributed by atoms with Crippen molar-refractivity contribution in [2.24, 2.45) is 0 Å². The molecule has 6 nitrogen and oxygen atoms in total. The summed E-state index contributed by atoms with van der Waals surface area (Å²) in [6.45, 7) is 0. The van der Waals surface area contributed by atoms with Crippen LogP contribution in [-0.4, -0.2) is 29.9 Å². The molecule has 6 heteroatoms. The van der Waals surface area contributed by atoms with Crippen molar-refractivity contribution in [3.63, 3.8) is 0 Å². The van der Waals surface area contributed by atoms with Crippen LogP contribution in [0.1, 0.15) is 0 Å². The van der Waals surface area contributed by atoms with Crippen molar-refractivity contribution in [2.45, 2.75) is 0 Å². The van der Waals surface area contributed by atoms with Crippen molar-refractivity contribution >= 4 is 32.7 Å². The molecule has 0 N–H and O–H groups in total. The number of pyridine rings is 1. The summed E-state index contributed by atoms with van der Waals surface area (Å²) < 4.78 is 0. The zero-order valence-electron chi connectivity index (χ0n) is 29.0. The molecule has 0 saturated carbocycles. The second-order valence-corrected chi connectivity index (χ2v) is 13.2. The van der Waals surface area contributed by atoms with Crippen molar-refractivity contribution in [1.82, 2.24) is 29.9 Å². The molecule has 0 spiro atoms. The van der Waals surface area contributed by atoms with E-state index >= 15 is 0 Å². The fourth-order valence-corrected chi connectivity index (χ4v) is 7.14. The maximum atomic E-state index is 5.10. The van der Waals surface area contributed by atoms with Crippen molar-refractivity contribution < 1.29 is 0 Å². The summed E-state index contributed by atoms with van der Waals surface area (Å²) in [5.41, 5.74) is 11.5. The van der Waals surface area contributed by atoms with Crippen molar-refractivity contribution in [1.29, 1.82) is 0 Å². The van der Waals surface area contributed by atoms with E-state index in [1.807, 2.05) is 72.9 Å². The maximum absolute atomic E-state index is 5.10. The third kappa shape index (κ3) is 5.82. The van der Waals surface area contributed by atoms with Crippen LogP contribution in [0.5, 0.6) is 0 Å². The topological polar surface area (TPSA) is 77.3 Å². The fourth-order valence-electron chi connectivity index (χ4n) is 7.14. The lowest BCUT2D eigenvalue weighted by molar-refractivity contribution is 1.07. The second-order valence-electron chi connectivity index (χ2n) is 13.2. The van der Waals surface area contributed by atoms with Crippen LogP contribution in [0, 0.1) is 0 Å². The molecule has 10 aromatic rings. The average Bonchev–Trinajstić information content (AvgIpc) is 3.26. The Morgan fingerprint density at radius 2 is 0.852 bits per heavy atom. The van der Waals surface area contributed by atoms with Crippen LogP contribution >= 0.6 is 0 Å². The molecule has 0 amide bonds. The van der Waals surface area contributed by atoms with Gasteiger partial charge < -0.3 is 0 Å². The lowest BCUT2D eigenvalue weighted by atomic mass is 9.93. The van der Waals surface area contributed by atoms with E-state index in [9.17, 15) is 0 Å². The summed E-state index contributed by atoms with van der Waals surface area (Å²) in [6, 6.07) is 56.6. The molecule has 7 aromatic carbocycles. The highest BCUT2D eigenvalue weighted by Crippen LogP contribution is 2.38. The third-order valence-corrected chi connectivity index (χ3v) is 9.83. The molecule has 0 fully saturated rings. The van der Waals surface area contributed by atoms with Gasteiger partial charge in [-0.2, -0.15) is 0 Å². The molecule has 3 heterocycles. The van der Waals surface area contributed by atoms with Crippen LogP contribution in [0.15, 0.2) is 182 Å². The first-order chi connectivity index (χ1) is 26.7. The Balaban J connectivity index is 1.18. The lowest BCUT2D eigenvalue weighted by Gasteiger charge is -2.14. The first kappa shape index (κ1) is 31.3. The van der Waals surface area contributed by atoms with Crippen molar-refractivity contribution in [3.8, 4) is 67.5 Å². The van der Waals surface area contributed by atoms with Gasteiger partial charge in [0, 0.05) is 46.2 Å². The molecular weight excluding hydrogens is 661 g/mol. The molecule has 0 aliphatic rings. The molecule has 0 aliphatic carbocycles. The smallest absolute Gasteiger partial charge is 0.164 e. The maximum Gasteiger partial charge on any atom is 0.164 e. The van der Waals surface area contributed by atoms with Crippen LogP contribution in [-0.2, 0) is 0 Å². The molecular formula is C48H30N6. The minimum Gasteiger partial charge on any atom is -0.256 e. The highest BCUT2D eigenvalue weighted by molar-refractivity contribution is 6.09. The average molecular weight is 691 g/mol. The van der Waals surface area contributed by atoms with Gasteiger partial charge in [-0.3, -0.25) is 15.0 Å². The number of benzene rings is 7. The van der Waals surface area contributed by atoms with E-state index in [2.05, 4.69) is 102 Å². The zero-order chi connectivity index (χ0) is 35.8. The predicted octanol–water partition coefficient (Wildman–Crippen LogP) is 11.5. The molecule has 0 atom stereocenters. The minimum absolute atomic E-state index is 0.580. The van der Waals surface area contributed by atoms with E-state index in [-0.39, 0.29) is 0 Å².